The minimum Gasteiger partial charge on any atom is -0.462 e. The Balaban J connectivity index is 1.57. The Labute approximate surface area is 173 Å². The number of aromatic amines is 1. The first-order valence-corrected chi connectivity index (χ1v) is 9.52. The smallest absolute Gasteiger partial charge is 0.338 e. The second kappa shape index (κ2) is 8.48. The van der Waals surface area contributed by atoms with E-state index in [2.05, 4.69) is 20.6 Å². The van der Waals surface area contributed by atoms with Gasteiger partial charge in [0.1, 0.15) is 0 Å². The first kappa shape index (κ1) is 19.2. The van der Waals surface area contributed by atoms with Gasteiger partial charge in [-0.2, -0.15) is 0 Å². The van der Waals surface area contributed by atoms with Crippen LogP contribution in [0.3, 0.4) is 0 Å². The summed E-state index contributed by atoms with van der Waals surface area (Å²) in [5, 5.41) is 6.62. The zero-order chi connectivity index (χ0) is 20.9. The average Bonchev–Trinajstić information content (AvgIpc) is 3.13. The first-order chi connectivity index (χ1) is 14.7. The third-order valence-corrected chi connectivity index (χ3v) is 4.55. The van der Waals surface area contributed by atoms with Gasteiger partial charge < -0.3 is 20.4 Å². The molecule has 7 nitrogen and oxygen atoms in total. The largest absolute Gasteiger partial charge is 0.462 e. The lowest BCUT2D eigenvalue weighted by Crippen LogP contribution is -2.19. The second-order valence-corrected chi connectivity index (χ2v) is 6.54. The van der Waals surface area contributed by atoms with Gasteiger partial charge in [-0.25, -0.2) is 9.59 Å². The van der Waals surface area contributed by atoms with Crippen molar-refractivity contribution >= 4 is 34.3 Å². The molecule has 4 aromatic rings. The topological polar surface area (TPSA) is 96.1 Å². The maximum atomic E-state index is 12.7. The molecule has 0 aliphatic carbocycles. The molecule has 0 bridgehead atoms. The molecule has 0 saturated heterocycles. The number of fused-ring (bicyclic) bond motifs is 1. The van der Waals surface area contributed by atoms with Gasteiger partial charge in [0.15, 0.2) is 0 Å². The van der Waals surface area contributed by atoms with Crippen LogP contribution in [0.15, 0.2) is 73.1 Å². The van der Waals surface area contributed by atoms with E-state index in [0.29, 0.717) is 23.5 Å². The molecular formula is C23H20N4O3. The van der Waals surface area contributed by atoms with Crippen LogP contribution in [0.4, 0.5) is 16.2 Å². The molecule has 0 aliphatic rings. The third kappa shape index (κ3) is 4.00. The fraction of sp³-hybridized carbons (Fsp3) is 0.0870. The van der Waals surface area contributed by atoms with Gasteiger partial charge in [-0.15, -0.1) is 0 Å². The van der Waals surface area contributed by atoms with Crippen LogP contribution in [-0.4, -0.2) is 28.6 Å². The number of anilines is 2. The molecule has 4 rings (SSSR count). The lowest BCUT2D eigenvalue weighted by Gasteiger charge is -2.10. The number of esters is 1. The van der Waals surface area contributed by atoms with Crippen molar-refractivity contribution in [2.24, 2.45) is 0 Å². The van der Waals surface area contributed by atoms with E-state index >= 15 is 0 Å². The van der Waals surface area contributed by atoms with E-state index in [9.17, 15) is 9.59 Å². The van der Waals surface area contributed by atoms with Crippen LogP contribution in [0.1, 0.15) is 17.3 Å². The number of hydrogen-bond donors (Lipinski definition) is 3. The number of hydrogen-bond acceptors (Lipinski definition) is 4. The molecule has 2 heterocycles. The maximum absolute atomic E-state index is 12.7. The van der Waals surface area contributed by atoms with E-state index in [1.807, 2.05) is 36.4 Å². The number of carbonyl (C=O) groups is 2. The molecule has 0 fully saturated rings. The monoisotopic (exact) mass is 400 g/mol. The number of amides is 2. The molecular weight excluding hydrogens is 380 g/mol. The summed E-state index contributed by atoms with van der Waals surface area (Å²) in [6.07, 6.45) is 3.44. The van der Waals surface area contributed by atoms with Crippen molar-refractivity contribution in [3.63, 3.8) is 0 Å². The fourth-order valence-electron chi connectivity index (χ4n) is 3.18. The number of rotatable bonds is 5. The molecule has 2 aromatic carbocycles. The van der Waals surface area contributed by atoms with Gasteiger partial charge >= 0.3 is 12.0 Å². The number of aromatic nitrogens is 2. The molecule has 0 saturated carbocycles. The molecule has 0 spiro atoms. The highest BCUT2D eigenvalue weighted by Gasteiger charge is 2.16. The Bertz CT molecular complexity index is 1180. The van der Waals surface area contributed by atoms with Crippen molar-refractivity contribution in [1.29, 1.82) is 0 Å². The van der Waals surface area contributed by atoms with E-state index in [-0.39, 0.29) is 0 Å². The van der Waals surface area contributed by atoms with Gasteiger partial charge in [-0.05, 0) is 49.4 Å². The predicted octanol–water partition coefficient (Wildman–Crippen LogP) is 5.05. The fourth-order valence-corrected chi connectivity index (χ4v) is 3.18. The normalized spacial score (nSPS) is 10.6. The summed E-state index contributed by atoms with van der Waals surface area (Å²) in [7, 11) is 0. The number of H-pyrrole nitrogens is 1. The van der Waals surface area contributed by atoms with Crippen molar-refractivity contribution in [2.75, 3.05) is 17.2 Å². The molecule has 30 heavy (non-hydrogen) atoms. The van der Waals surface area contributed by atoms with Crippen molar-refractivity contribution in [3.8, 4) is 11.3 Å². The van der Waals surface area contributed by atoms with Crippen LogP contribution in [0.25, 0.3) is 22.2 Å². The van der Waals surface area contributed by atoms with Gasteiger partial charge in [-0.3, -0.25) is 4.98 Å². The van der Waals surface area contributed by atoms with Gasteiger partial charge in [0.25, 0.3) is 0 Å². The van der Waals surface area contributed by atoms with Gasteiger partial charge in [0.05, 0.1) is 23.6 Å². The molecule has 150 valence electrons. The Morgan fingerprint density at radius 3 is 2.53 bits per heavy atom. The quantitative estimate of drug-likeness (QED) is 0.408. The average molecular weight is 400 g/mol. The van der Waals surface area contributed by atoms with Crippen molar-refractivity contribution in [3.05, 3.63) is 78.6 Å². The molecule has 2 aromatic heterocycles. The molecule has 0 unspecified atom stereocenters. The predicted molar refractivity (Wildman–Crippen MR) is 117 cm³/mol. The molecule has 0 aliphatic heterocycles. The lowest BCUT2D eigenvalue weighted by molar-refractivity contribution is 0.0526. The molecule has 3 N–H and O–H groups in total. The Morgan fingerprint density at radius 1 is 1.00 bits per heavy atom. The molecule has 2 amide bonds. The van der Waals surface area contributed by atoms with E-state index in [1.54, 1.807) is 43.6 Å². The SMILES string of the molecule is CCOC(=O)c1ccc(NC(=O)Nc2c(-c3cccnc3)[nH]c3ccccc23)cc1. The highest BCUT2D eigenvalue weighted by atomic mass is 16.5. The second-order valence-electron chi connectivity index (χ2n) is 6.54. The minimum absolute atomic E-state index is 0.311. The Hall–Kier alpha value is -4.13. The van der Waals surface area contributed by atoms with E-state index < -0.39 is 12.0 Å². The van der Waals surface area contributed by atoms with Crippen molar-refractivity contribution in [1.82, 2.24) is 9.97 Å². The summed E-state index contributed by atoms with van der Waals surface area (Å²) in [4.78, 5) is 32.0. The molecule has 7 heteroatoms. The van der Waals surface area contributed by atoms with Crippen LogP contribution >= 0.6 is 0 Å². The number of nitrogens with zero attached hydrogens (tertiary/aromatic N) is 1. The van der Waals surface area contributed by atoms with E-state index in [1.165, 1.54) is 0 Å². The summed E-state index contributed by atoms with van der Waals surface area (Å²) in [5.41, 5.74) is 4.20. The van der Waals surface area contributed by atoms with Crippen LogP contribution in [0.2, 0.25) is 0 Å². The number of benzene rings is 2. The van der Waals surface area contributed by atoms with Crippen LogP contribution in [-0.2, 0) is 4.74 Å². The third-order valence-electron chi connectivity index (χ3n) is 4.55. The Morgan fingerprint density at radius 2 is 1.80 bits per heavy atom. The first-order valence-electron chi connectivity index (χ1n) is 9.52. The zero-order valence-electron chi connectivity index (χ0n) is 16.3. The van der Waals surface area contributed by atoms with Crippen LogP contribution in [0, 0.1) is 0 Å². The van der Waals surface area contributed by atoms with Crippen LogP contribution < -0.4 is 10.6 Å². The van der Waals surface area contributed by atoms with Gasteiger partial charge in [-0.1, -0.05) is 18.2 Å². The van der Waals surface area contributed by atoms with Gasteiger partial charge in [0, 0.05) is 34.5 Å². The number of ether oxygens (including phenoxy) is 1. The van der Waals surface area contributed by atoms with Crippen LogP contribution in [0.5, 0.6) is 0 Å². The number of nitrogens with one attached hydrogen (secondary N) is 3. The molecule has 0 atom stereocenters. The number of urea groups is 1. The number of para-hydroxylation sites is 1. The zero-order valence-corrected chi connectivity index (χ0v) is 16.3. The highest BCUT2D eigenvalue weighted by molar-refractivity contribution is 6.10. The summed E-state index contributed by atoms with van der Waals surface area (Å²) in [6.45, 7) is 2.06. The minimum atomic E-state index is -0.395. The molecule has 0 radical (unpaired) electrons. The van der Waals surface area contributed by atoms with E-state index in [4.69, 9.17) is 4.74 Å². The van der Waals surface area contributed by atoms with Crippen molar-refractivity contribution < 1.29 is 14.3 Å². The lowest BCUT2D eigenvalue weighted by atomic mass is 10.1. The number of pyridine rings is 1. The number of carbonyl (C=O) groups excluding carboxylic acids is 2. The highest BCUT2D eigenvalue weighted by Crippen LogP contribution is 2.34. The maximum Gasteiger partial charge on any atom is 0.338 e. The van der Waals surface area contributed by atoms with E-state index in [0.717, 1.165) is 22.2 Å². The van der Waals surface area contributed by atoms with Crippen molar-refractivity contribution in [2.45, 2.75) is 6.92 Å². The summed E-state index contributed by atoms with van der Waals surface area (Å²) in [6, 6.07) is 17.6. The summed E-state index contributed by atoms with van der Waals surface area (Å²) < 4.78 is 4.97. The Kier molecular flexibility index (Phi) is 5.43. The van der Waals surface area contributed by atoms with Gasteiger partial charge in [0.2, 0.25) is 0 Å². The summed E-state index contributed by atoms with van der Waals surface area (Å²) in [5.74, 6) is -0.395. The summed E-state index contributed by atoms with van der Waals surface area (Å²) >= 11 is 0. The standard InChI is InChI=1S/C23H20N4O3/c1-2-30-22(28)15-9-11-17(12-10-15)25-23(29)27-21-18-7-3-4-8-19(18)26-20(21)16-6-5-13-24-14-16/h3-14,26H,2H2,1H3,(H2,25,27,29).